The quantitative estimate of drug-likeness (QED) is 0.769. The van der Waals surface area contributed by atoms with Gasteiger partial charge < -0.3 is 15.2 Å². The summed E-state index contributed by atoms with van der Waals surface area (Å²) >= 11 is 0. The van der Waals surface area contributed by atoms with Crippen LogP contribution in [-0.2, 0) is 16.0 Å². The first-order valence-electron chi connectivity index (χ1n) is 11.5. The second kappa shape index (κ2) is 7.40. The summed E-state index contributed by atoms with van der Waals surface area (Å²) in [7, 11) is 0. The average molecular weight is 409 g/mol. The van der Waals surface area contributed by atoms with E-state index in [1.54, 1.807) is 12.4 Å². The Hall–Kier alpha value is -2.37. The number of hydrogen-bond donors (Lipinski definition) is 2. The highest BCUT2D eigenvalue weighted by Gasteiger charge is 2.54. The number of carbonyl (C=O) groups is 2. The molecule has 2 N–H and O–H groups in total. The number of likely N-dealkylation sites (tertiary alicyclic amines) is 1. The zero-order valence-electron chi connectivity index (χ0n) is 17.9. The number of fused-ring (bicyclic) bond motifs is 2. The predicted molar refractivity (Wildman–Crippen MR) is 116 cm³/mol. The van der Waals surface area contributed by atoms with Gasteiger partial charge in [0.15, 0.2) is 0 Å². The van der Waals surface area contributed by atoms with Crippen molar-refractivity contribution in [3.63, 3.8) is 0 Å². The molecule has 0 unspecified atom stereocenters. The standard InChI is InChI=1S/C24H32N4O2/c1-2-23(8-4-9-23)22(30)28-14-18-5-3-7-24(18,16-28)15-27-21(29)11-17-12-26-20-13-25-10-6-19(17)20/h6,10,12-13,18,26H,2-5,7-9,11,14-16H2,1H3,(H,27,29)/t18-,24-/m0/s1. The first-order valence-corrected chi connectivity index (χ1v) is 11.5. The average Bonchev–Trinajstić information content (AvgIpc) is 3.39. The molecule has 2 atom stereocenters. The van der Waals surface area contributed by atoms with Crippen LogP contribution in [-0.4, -0.2) is 46.3 Å². The number of pyridine rings is 1. The molecule has 2 aliphatic carbocycles. The summed E-state index contributed by atoms with van der Waals surface area (Å²) in [5, 5.41) is 4.28. The van der Waals surface area contributed by atoms with Gasteiger partial charge in [0.25, 0.3) is 0 Å². The molecule has 3 fully saturated rings. The Kier molecular flexibility index (Phi) is 4.83. The second-order valence-electron chi connectivity index (χ2n) is 9.81. The van der Waals surface area contributed by atoms with Crippen LogP contribution >= 0.6 is 0 Å². The normalized spacial score (nSPS) is 27.1. The Morgan fingerprint density at radius 2 is 2.17 bits per heavy atom. The van der Waals surface area contributed by atoms with E-state index >= 15 is 0 Å². The van der Waals surface area contributed by atoms with Crippen LogP contribution in [0.2, 0.25) is 0 Å². The molecule has 2 aromatic rings. The number of rotatable bonds is 6. The van der Waals surface area contributed by atoms with Crippen molar-refractivity contribution in [1.82, 2.24) is 20.2 Å². The van der Waals surface area contributed by atoms with Gasteiger partial charge >= 0.3 is 0 Å². The molecule has 30 heavy (non-hydrogen) atoms. The van der Waals surface area contributed by atoms with E-state index in [1.165, 1.54) is 19.3 Å². The highest BCUT2D eigenvalue weighted by Crippen LogP contribution is 2.51. The molecule has 3 aliphatic rings. The van der Waals surface area contributed by atoms with Crippen molar-refractivity contribution in [2.45, 2.75) is 58.3 Å². The van der Waals surface area contributed by atoms with Gasteiger partial charge in [-0.2, -0.15) is 0 Å². The van der Waals surface area contributed by atoms with E-state index in [9.17, 15) is 9.59 Å². The van der Waals surface area contributed by atoms with Crippen molar-refractivity contribution < 1.29 is 9.59 Å². The van der Waals surface area contributed by atoms with Gasteiger partial charge in [0.1, 0.15) is 0 Å². The molecule has 5 rings (SSSR count). The van der Waals surface area contributed by atoms with E-state index in [-0.39, 0.29) is 16.7 Å². The molecule has 2 amide bonds. The van der Waals surface area contributed by atoms with Crippen molar-refractivity contribution in [2.75, 3.05) is 19.6 Å². The fourth-order valence-electron chi connectivity index (χ4n) is 6.20. The van der Waals surface area contributed by atoms with Gasteiger partial charge in [-0.15, -0.1) is 0 Å². The Balaban J connectivity index is 1.23. The minimum atomic E-state index is -0.0900. The third-order valence-electron chi connectivity index (χ3n) is 8.33. The van der Waals surface area contributed by atoms with Crippen molar-refractivity contribution in [3.8, 4) is 0 Å². The fourth-order valence-corrected chi connectivity index (χ4v) is 6.20. The van der Waals surface area contributed by atoms with E-state index in [4.69, 9.17) is 0 Å². The second-order valence-corrected chi connectivity index (χ2v) is 9.81. The predicted octanol–water partition coefficient (Wildman–Crippen LogP) is 3.43. The number of H-pyrrole nitrogens is 1. The van der Waals surface area contributed by atoms with Crippen LogP contribution in [0.15, 0.2) is 24.7 Å². The van der Waals surface area contributed by atoms with E-state index in [1.807, 2.05) is 12.3 Å². The lowest BCUT2D eigenvalue weighted by molar-refractivity contribution is -0.147. The molecule has 0 spiro atoms. The van der Waals surface area contributed by atoms with Gasteiger partial charge in [-0.05, 0) is 49.7 Å². The molecular weight excluding hydrogens is 376 g/mol. The molecule has 6 nitrogen and oxygen atoms in total. The van der Waals surface area contributed by atoms with Crippen LogP contribution < -0.4 is 5.32 Å². The fraction of sp³-hybridized carbons (Fsp3) is 0.625. The molecular formula is C24H32N4O2. The Labute approximate surface area is 177 Å². The largest absolute Gasteiger partial charge is 0.360 e. The molecule has 0 aromatic carbocycles. The SMILES string of the molecule is CCC1(C(=O)N2C[C@@H]3CCC[C@]3(CNC(=O)Cc3c[nH]c4cnccc34)C2)CCC1. The Morgan fingerprint density at radius 1 is 1.30 bits per heavy atom. The topological polar surface area (TPSA) is 78.1 Å². The van der Waals surface area contributed by atoms with Gasteiger partial charge in [0.2, 0.25) is 11.8 Å². The maximum Gasteiger partial charge on any atom is 0.228 e. The van der Waals surface area contributed by atoms with Crippen LogP contribution in [0, 0.1) is 16.7 Å². The molecule has 6 heteroatoms. The monoisotopic (exact) mass is 408 g/mol. The van der Waals surface area contributed by atoms with Gasteiger partial charge in [-0.3, -0.25) is 14.6 Å². The summed E-state index contributed by atoms with van der Waals surface area (Å²) < 4.78 is 0. The number of amides is 2. The number of aromatic nitrogens is 2. The minimum absolute atomic E-state index is 0.0570. The lowest BCUT2D eigenvalue weighted by Crippen LogP contribution is -2.48. The van der Waals surface area contributed by atoms with Crippen LogP contribution in [0.5, 0.6) is 0 Å². The summed E-state index contributed by atoms with van der Waals surface area (Å²) in [6.07, 6.45) is 13.5. The highest BCUT2D eigenvalue weighted by atomic mass is 16.2. The minimum Gasteiger partial charge on any atom is -0.360 e. The van der Waals surface area contributed by atoms with Gasteiger partial charge in [0, 0.05) is 48.2 Å². The molecule has 1 saturated heterocycles. The van der Waals surface area contributed by atoms with Crippen LogP contribution in [0.1, 0.15) is 57.4 Å². The number of nitrogens with zero attached hydrogens (tertiary/aromatic N) is 2. The summed E-state index contributed by atoms with van der Waals surface area (Å²) in [4.78, 5) is 35.5. The molecule has 0 bridgehead atoms. The zero-order valence-corrected chi connectivity index (χ0v) is 17.9. The third kappa shape index (κ3) is 3.12. The Morgan fingerprint density at radius 3 is 2.93 bits per heavy atom. The lowest BCUT2D eigenvalue weighted by atomic mass is 9.66. The van der Waals surface area contributed by atoms with E-state index < -0.39 is 0 Å². The van der Waals surface area contributed by atoms with Crippen LogP contribution in [0.3, 0.4) is 0 Å². The smallest absolute Gasteiger partial charge is 0.228 e. The maximum atomic E-state index is 13.3. The van der Waals surface area contributed by atoms with Gasteiger partial charge in [-0.1, -0.05) is 19.8 Å². The van der Waals surface area contributed by atoms with Crippen molar-refractivity contribution in [3.05, 3.63) is 30.2 Å². The van der Waals surface area contributed by atoms with E-state index in [2.05, 4.69) is 27.1 Å². The highest BCUT2D eigenvalue weighted by molar-refractivity contribution is 5.88. The molecule has 2 aromatic heterocycles. The zero-order chi connectivity index (χ0) is 20.8. The van der Waals surface area contributed by atoms with E-state index in [0.717, 1.165) is 55.2 Å². The summed E-state index contributed by atoms with van der Waals surface area (Å²) in [5.74, 6) is 0.959. The van der Waals surface area contributed by atoms with Gasteiger partial charge in [-0.25, -0.2) is 0 Å². The number of nitrogens with one attached hydrogen (secondary N) is 2. The van der Waals surface area contributed by atoms with Crippen molar-refractivity contribution in [2.24, 2.45) is 16.7 Å². The lowest BCUT2D eigenvalue weighted by Gasteiger charge is -2.42. The maximum absolute atomic E-state index is 13.3. The van der Waals surface area contributed by atoms with Crippen LogP contribution in [0.25, 0.3) is 10.9 Å². The summed E-state index contributed by atoms with van der Waals surface area (Å²) in [6, 6.07) is 1.95. The van der Waals surface area contributed by atoms with E-state index in [0.29, 0.717) is 24.8 Å². The summed E-state index contributed by atoms with van der Waals surface area (Å²) in [5.41, 5.74) is 1.94. The summed E-state index contributed by atoms with van der Waals surface area (Å²) in [6.45, 7) is 4.54. The van der Waals surface area contributed by atoms with Gasteiger partial charge in [0.05, 0.1) is 18.1 Å². The molecule has 0 radical (unpaired) electrons. The number of aromatic amines is 1. The molecule has 160 valence electrons. The molecule has 3 heterocycles. The first-order chi connectivity index (χ1) is 14.6. The first kappa shape index (κ1) is 19.6. The molecule has 1 aliphatic heterocycles. The van der Waals surface area contributed by atoms with Crippen molar-refractivity contribution >= 4 is 22.7 Å². The van der Waals surface area contributed by atoms with Crippen molar-refractivity contribution in [1.29, 1.82) is 0 Å². The Bertz CT molecular complexity index is 958. The van der Waals surface area contributed by atoms with Crippen LogP contribution in [0.4, 0.5) is 0 Å². The number of carbonyl (C=O) groups excluding carboxylic acids is 2. The number of hydrogen-bond acceptors (Lipinski definition) is 3. The molecule has 2 saturated carbocycles. The third-order valence-corrected chi connectivity index (χ3v) is 8.33.